The lowest BCUT2D eigenvalue weighted by Crippen LogP contribution is -2.13. The number of hydrogen-bond donors (Lipinski definition) is 0. The van der Waals surface area contributed by atoms with Gasteiger partial charge in [0, 0.05) is 12.1 Å². The number of hydrogen-bond acceptors (Lipinski definition) is 2. The predicted molar refractivity (Wildman–Crippen MR) is 92.7 cm³/mol. The zero-order valence-corrected chi connectivity index (χ0v) is 14.6. The number of carbonyl (C=O) groups is 1. The summed E-state index contributed by atoms with van der Waals surface area (Å²) < 4.78 is 44.3. The highest BCUT2D eigenvalue weighted by atomic mass is 19.2. The Kier molecular flexibility index (Phi) is 5.64. The Morgan fingerprint density at radius 2 is 1.58 bits per heavy atom. The minimum atomic E-state index is -1.59. The maximum Gasteiger partial charge on any atom is 0.343 e. The first-order valence-corrected chi connectivity index (χ1v) is 8.94. The molecule has 0 heterocycles. The molecule has 3 rings (SSSR count). The van der Waals surface area contributed by atoms with E-state index in [1.807, 2.05) is 12.1 Å². The second kappa shape index (κ2) is 7.94. The van der Waals surface area contributed by atoms with Gasteiger partial charge in [0.05, 0.1) is 5.56 Å². The molecule has 0 N–H and O–H groups in total. The van der Waals surface area contributed by atoms with Gasteiger partial charge in [-0.25, -0.2) is 18.0 Å². The Bertz CT molecular complexity index is 755. The summed E-state index contributed by atoms with van der Waals surface area (Å²) in [6, 6.07) is 8.41. The van der Waals surface area contributed by atoms with Crippen LogP contribution in [0.3, 0.4) is 0 Å². The molecule has 0 amide bonds. The van der Waals surface area contributed by atoms with E-state index in [1.54, 1.807) is 12.1 Å². The molecule has 0 radical (unpaired) electrons. The second-order valence-electron chi connectivity index (χ2n) is 6.84. The van der Waals surface area contributed by atoms with Crippen LogP contribution in [0.5, 0.6) is 5.75 Å². The predicted octanol–water partition coefficient (Wildman–Crippen LogP) is 6.01. The fraction of sp³-hybridized carbons (Fsp3) is 0.381. The van der Waals surface area contributed by atoms with Crippen molar-refractivity contribution in [1.29, 1.82) is 0 Å². The van der Waals surface area contributed by atoms with Gasteiger partial charge in [-0.1, -0.05) is 25.5 Å². The lowest BCUT2D eigenvalue weighted by molar-refractivity contribution is 0.0733. The fourth-order valence-electron chi connectivity index (χ4n) is 3.55. The SMILES string of the molecule is CCC1CCC(c2ccc(C(=O)Oc3cc(F)c(F)c(F)c3)cc2)CC1. The largest absolute Gasteiger partial charge is 0.423 e. The van der Waals surface area contributed by atoms with E-state index in [0.29, 0.717) is 18.1 Å². The molecule has 26 heavy (non-hydrogen) atoms. The number of rotatable bonds is 4. The van der Waals surface area contributed by atoms with Crippen LogP contribution in [-0.2, 0) is 0 Å². The molecule has 0 aromatic heterocycles. The molecule has 1 aliphatic rings. The molecule has 0 atom stereocenters. The lowest BCUT2D eigenvalue weighted by atomic mass is 9.78. The Morgan fingerprint density at radius 1 is 1.00 bits per heavy atom. The highest BCUT2D eigenvalue weighted by Crippen LogP contribution is 2.37. The summed E-state index contributed by atoms with van der Waals surface area (Å²) >= 11 is 0. The van der Waals surface area contributed by atoms with Crippen LogP contribution in [0.25, 0.3) is 0 Å². The standard InChI is InChI=1S/C21H21F3O2/c1-2-13-3-5-14(6-4-13)15-7-9-16(10-8-15)21(25)26-17-11-18(22)20(24)19(23)12-17/h7-14H,2-6H2,1H3. The summed E-state index contributed by atoms with van der Waals surface area (Å²) in [5.74, 6) is -4.17. The summed E-state index contributed by atoms with van der Waals surface area (Å²) in [5.41, 5.74) is 1.47. The molecule has 5 heteroatoms. The van der Waals surface area contributed by atoms with Gasteiger partial charge >= 0.3 is 5.97 Å². The summed E-state index contributed by atoms with van der Waals surface area (Å²) in [6.07, 6.45) is 5.98. The summed E-state index contributed by atoms with van der Waals surface area (Å²) in [6.45, 7) is 2.23. The van der Waals surface area contributed by atoms with Gasteiger partial charge in [0.25, 0.3) is 0 Å². The first-order chi connectivity index (χ1) is 12.5. The monoisotopic (exact) mass is 362 g/mol. The van der Waals surface area contributed by atoms with Crippen molar-refractivity contribution >= 4 is 5.97 Å². The van der Waals surface area contributed by atoms with Crippen LogP contribution in [0.2, 0.25) is 0 Å². The first kappa shape index (κ1) is 18.5. The molecule has 1 saturated carbocycles. The highest BCUT2D eigenvalue weighted by Gasteiger charge is 2.21. The Hall–Kier alpha value is -2.30. The molecular formula is C21H21F3O2. The van der Waals surface area contributed by atoms with Crippen molar-refractivity contribution in [1.82, 2.24) is 0 Å². The molecular weight excluding hydrogens is 341 g/mol. The Labute approximate surface area is 151 Å². The number of ether oxygens (including phenoxy) is 1. The van der Waals surface area contributed by atoms with Crippen molar-refractivity contribution in [3.8, 4) is 5.75 Å². The van der Waals surface area contributed by atoms with E-state index in [1.165, 1.54) is 24.8 Å². The minimum Gasteiger partial charge on any atom is -0.423 e. The summed E-state index contributed by atoms with van der Waals surface area (Å²) in [5, 5.41) is 0. The number of esters is 1. The summed E-state index contributed by atoms with van der Waals surface area (Å²) in [7, 11) is 0. The highest BCUT2D eigenvalue weighted by molar-refractivity contribution is 5.91. The van der Waals surface area contributed by atoms with Gasteiger partial charge in [0.15, 0.2) is 17.5 Å². The van der Waals surface area contributed by atoms with Gasteiger partial charge in [-0.3, -0.25) is 0 Å². The van der Waals surface area contributed by atoms with Crippen LogP contribution in [0.15, 0.2) is 36.4 Å². The summed E-state index contributed by atoms with van der Waals surface area (Å²) in [4.78, 5) is 12.1. The minimum absolute atomic E-state index is 0.279. The van der Waals surface area contributed by atoms with Crippen molar-refractivity contribution < 1.29 is 22.7 Å². The first-order valence-electron chi connectivity index (χ1n) is 8.94. The molecule has 138 valence electrons. The van der Waals surface area contributed by atoms with Gasteiger partial charge < -0.3 is 4.74 Å². The number of carbonyl (C=O) groups excluding carboxylic acids is 1. The molecule has 0 aliphatic heterocycles. The van der Waals surface area contributed by atoms with Gasteiger partial charge in [-0.2, -0.15) is 0 Å². The van der Waals surface area contributed by atoms with E-state index in [-0.39, 0.29) is 11.3 Å². The van der Waals surface area contributed by atoms with Crippen molar-refractivity contribution in [2.75, 3.05) is 0 Å². The van der Waals surface area contributed by atoms with Crippen molar-refractivity contribution in [3.05, 3.63) is 65.0 Å². The second-order valence-corrected chi connectivity index (χ2v) is 6.84. The topological polar surface area (TPSA) is 26.3 Å². The van der Waals surface area contributed by atoms with E-state index in [4.69, 9.17) is 4.74 Å². The van der Waals surface area contributed by atoms with Crippen LogP contribution < -0.4 is 4.74 Å². The molecule has 2 nitrogen and oxygen atoms in total. The van der Waals surface area contributed by atoms with Gasteiger partial charge in [-0.05, 0) is 55.2 Å². The molecule has 0 bridgehead atoms. The van der Waals surface area contributed by atoms with E-state index < -0.39 is 23.4 Å². The third-order valence-corrected chi connectivity index (χ3v) is 5.21. The van der Waals surface area contributed by atoms with Crippen molar-refractivity contribution in [2.45, 2.75) is 44.9 Å². The number of halogens is 3. The molecule has 1 fully saturated rings. The molecule has 1 aliphatic carbocycles. The van der Waals surface area contributed by atoms with E-state index in [0.717, 1.165) is 18.8 Å². The maximum absolute atomic E-state index is 13.2. The fourth-order valence-corrected chi connectivity index (χ4v) is 3.55. The van der Waals surface area contributed by atoms with Gasteiger partial charge in [0.1, 0.15) is 5.75 Å². The normalized spacial score (nSPS) is 20.0. The van der Waals surface area contributed by atoms with Crippen LogP contribution in [0, 0.1) is 23.4 Å². The van der Waals surface area contributed by atoms with Crippen LogP contribution in [-0.4, -0.2) is 5.97 Å². The zero-order chi connectivity index (χ0) is 18.7. The Balaban J connectivity index is 1.66. The zero-order valence-electron chi connectivity index (χ0n) is 14.6. The van der Waals surface area contributed by atoms with Crippen LogP contribution in [0.4, 0.5) is 13.2 Å². The molecule has 0 unspecified atom stereocenters. The molecule has 0 saturated heterocycles. The average Bonchev–Trinajstić information content (AvgIpc) is 2.66. The average molecular weight is 362 g/mol. The maximum atomic E-state index is 13.2. The van der Waals surface area contributed by atoms with E-state index in [2.05, 4.69) is 6.92 Å². The third-order valence-electron chi connectivity index (χ3n) is 5.21. The van der Waals surface area contributed by atoms with Crippen molar-refractivity contribution in [3.63, 3.8) is 0 Å². The molecule has 2 aromatic rings. The lowest BCUT2D eigenvalue weighted by Gasteiger charge is -2.28. The number of benzene rings is 2. The smallest absolute Gasteiger partial charge is 0.343 e. The Morgan fingerprint density at radius 3 is 2.12 bits per heavy atom. The van der Waals surface area contributed by atoms with Crippen LogP contribution >= 0.6 is 0 Å². The van der Waals surface area contributed by atoms with E-state index in [9.17, 15) is 18.0 Å². The van der Waals surface area contributed by atoms with Gasteiger partial charge in [0.2, 0.25) is 0 Å². The molecule has 0 spiro atoms. The van der Waals surface area contributed by atoms with Crippen molar-refractivity contribution in [2.24, 2.45) is 5.92 Å². The van der Waals surface area contributed by atoms with E-state index >= 15 is 0 Å². The quantitative estimate of drug-likeness (QED) is 0.378. The molecule has 2 aromatic carbocycles. The van der Waals surface area contributed by atoms with Crippen LogP contribution in [0.1, 0.15) is 60.9 Å². The van der Waals surface area contributed by atoms with Gasteiger partial charge in [-0.15, -0.1) is 0 Å². The third kappa shape index (κ3) is 4.09.